The molecule has 3 unspecified atom stereocenters. The molecule has 0 amide bonds. The Morgan fingerprint density at radius 1 is 1.24 bits per heavy atom. The molecule has 3 atom stereocenters. The minimum Gasteiger partial charge on any atom is -0.311 e. The van der Waals surface area contributed by atoms with E-state index in [1.165, 1.54) is 29.1 Å². The van der Waals surface area contributed by atoms with Crippen molar-refractivity contribution in [1.82, 2.24) is 10.2 Å². The summed E-state index contributed by atoms with van der Waals surface area (Å²) in [5.74, 6) is 1.65. The van der Waals surface area contributed by atoms with Crippen molar-refractivity contribution in [2.75, 3.05) is 13.1 Å². The third-order valence-corrected chi connectivity index (χ3v) is 6.39. The fourth-order valence-corrected chi connectivity index (χ4v) is 4.95. The summed E-state index contributed by atoms with van der Waals surface area (Å²) in [5, 5.41) is 3.83. The molecule has 21 heavy (non-hydrogen) atoms. The van der Waals surface area contributed by atoms with Crippen LogP contribution in [0, 0.1) is 25.7 Å². The first kappa shape index (κ1) is 15.5. The molecule has 1 aliphatic carbocycles. The molecule has 118 valence electrons. The zero-order chi connectivity index (χ0) is 15.1. The summed E-state index contributed by atoms with van der Waals surface area (Å²) in [6.45, 7) is 14.1. The Bertz CT molecular complexity index is 489. The van der Waals surface area contributed by atoms with Gasteiger partial charge in [-0.2, -0.15) is 0 Å². The van der Waals surface area contributed by atoms with Gasteiger partial charge in [-0.15, -0.1) is 11.3 Å². The van der Waals surface area contributed by atoms with Crippen LogP contribution < -0.4 is 5.32 Å². The zero-order valence-corrected chi connectivity index (χ0v) is 15.0. The molecule has 1 aliphatic heterocycles. The monoisotopic (exact) mass is 306 g/mol. The van der Waals surface area contributed by atoms with Crippen LogP contribution in [-0.4, -0.2) is 30.1 Å². The predicted molar refractivity (Wildman–Crippen MR) is 92.1 cm³/mol. The Balaban J connectivity index is 1.81. The largest absolute Gasteiger partial charge is 0.311 e. The van der Waals surface area contributed by atoms with Crippen LogP contribution in [0.2, 0.25) is 0 Å². The highest BCUT2D eigenvalue weighted by molar-refractivity contribution is 7.12. The fourth-order valence-electron chi connectivity index (χ4n) is 3.94. The van der Waals surface area contributed by atoms with Crippen LogP contribution in [0.4, 0.5) is 0 Å². The second kappa shape index (κ2) is 6.02. The van der Waals surface area contributed by atoms with Crippen molar-refractivity contribution < 1.29 is 0 Å². The van der Waals surface area contributed by atoms with Gasteiger partial charge in [-0.1, -0.05) is 13.8 Å². The maximum Gasteiger partial charge on any atom is 0.0335 e. The Hall–Kier alpha value is -0.380. The molecule has 0 aromatic carbocycles. The summed E-state index contributed by atoms with van der Waals surface area (Å²) in [6.07, 6.45) is 2.87. The third kappa shape index (κ3) is 3.20. The number of thiophene rings is 1. The van der Waals surface area contributed by atoms with Gasteiger partial charge in [-0.25, -0.2) is 0 Å². The summed E-state index contributed by atoms with van der Waals surface area (Å²) in [6, 6.07) is 4.35. The number of rotatable bonds is 4. The molecular weight excluding hydrogens is 276 g/mol. The van der Waals surface area contributed by atoms with E-state index in [0.717, 1.165) is 18.5 Å². The first-order valence-corrected chi connectivity index (χ1v) is 9.35. The van der Waals surface area contributed by atoms with Crippen LogP contribution in [0.25, 0.3) is 0 Å². The summed E-state index contributed by atoms with van der Waals surface area (Å²) in [4.78, 5) is 5.74. The van der Waals surface area contributed by atoms with Crippen molar-refractivity contribution in [3.8, 4) is 0 Å². The van der Waals surface area contributed by atoms with Gasteiger partial charge in [0.15, 0.2) is 0 Å². The summed E-state index contributed by atoms with van der Waals surface area (Å²) < 4.78 is 0. The highest BCUT2D eigenvalue weighted by Crippen LogP contribution is 2.38. The second-order valence-electron chi connectivity index (χ2n) is 7.40. The van der Waals surface area contributed by atoms with Gasteiger partial charge in [0, 0.05) is 41.0 Å². The lowest BCUT2D eigenvalue weighted by Gasteiger charge is -2.46. The summed E-state index contributed by atoms with van der Waals surface area (Å²) in [5.41, 5.74) is 1.56. The number of aryl methyl sites for hydroxylation is 2. The molecule has 1 saturated carbocycles. The van der Waals surface area contributed by atoms with E-state index in [0.29, 0.717) is 18.0 Å². The maximum absolute atomic E-state index is 3.83. The number of nitrogens with zero attached hydrogens (tertiary/aromatic N) is 1. The highest BCUT2D eigenvalue weighted by atomic mass is 32.1. The van der Waals surface area contributed by atoms with E-state index in [1.54, 1.807) is 5.56 Å². The van der Waals surface area contributed by atoms with Crippen molar-refractivity contribution in [1.29, 1.82) is 0 Å². The smallest absolute Gasteiger partial charge is 0.0335 e. The lowest BCUT2D eigenvalue weighted by Crippen LogP contribution is -2.59. The Kier molecular flexibility index (Phi) is 4.45. The van der Waals surface area contributed by atoms with Crippen molar-refractivity contribution in [3.05, 3.63) is 21.4 Å². The van der Waals surface area contributed by atoms with Crippen LogP contribution >= 0.6 is 11.3 Å². The molecule has 2 aliphatic rings. The van der Waals surface area contributed by atoms with Gasteiger partial charge in [0.25, 0.3) is 0 Å². The molecule has 1 saturated heterocycles. The van der Waals surface area contributed by atoms with Crippen LogP contribution in [0.1, 0.15) is 55.0 Å². The molecule has 1 aromatic rings. The zero-order valence-electron chi connectivity index (χ0n) is 14.1. The summed E-state index contributed by atoms with van der Waals surface area (Å²) >= 11 is 1.95. The first-order chi connectivity index (χ1) is 9.97. The number of hydrogen-bond acceptors (Lipinski definition) is 3. The van der Waals surface area contributed by atoms with E-state index in [-0.39, 0.29) is 0 Å². The minimum absolute atomic E-state index is 0.547. The Morgan fingerprint density at radius 3 is 2.48 bits per heavy atom. The van der Waals surface area contributed by atoms with Crippen LogP contribution in [0.15, 0.2) is 6.07 Å². The SMILES string of the molecule is Cc1cc(C(C)N2CC(C3CC3)NCC2C(C)C)c(C)s1. The second-order valence-corrected chi connectivity index (χ2v) is 8.87. The van der Waals surface area contributed by atoms with Gasteiger partial charge >= 0.3 is 0 Å². The predicted octanol–water partition coefficient (Wildman–Crippen LogP) is 4.13. The van der Waals surface area contributed by atoms with E-state index in [4.69, 9.17) is 0 Å². The van der Waals surface area contributed by atoms with E-state index in [1.807, 2.05) is 11.3 Å². The number of piperazine rings is 1. The Labute approximate surface area is 133 Å². The van der Waals surface area contributed by atoms with Gasteiger partial charge in [-0.05, 0) is 57.1 Å². The quantitative estimate of drug-likeness (QED) is 0.899. The molecule has 1 N–H and O–H groups in total. The van der Waals surface area contributed by atoms with Crippen LogP contribution in [0.3, 0.4) is 0 Å². The van der Waals surface area contributed by atoms with E-state index in [2.05, 4.69) is 50.9 Å². The molecule has 3 heteroatoms. The standard InChI is InChI=1S/C18H30N2S/c1-11(2)18-9-19-17(15-6-7-15)10-20(18)13(4)16-8-12(3)21-14(16)5/h8,11,13,15,17-19H,6-7,9-10H2,1-5H3. The summed E-state index contributed by atoms with van der Waals surface area (Å²) in [7, 11) is 0. The van der Waals surface area contributed by atoms with E-state index in [9.17, 15) is 0 Å². The lowest BCUT2D eigenvalue weighted by atomic mass is 9.93. The van der Waals surface area contributed by atoms with Crippen molar-refractivity contribution in [2.24, 2.45) is 11.8 Å². The Morgan fingerprint density at radius 2 is 1.95 bits per heavy atom. The van der Waals surface area contributed by atoms with Crippen molar-refractivity contribution in [3.63, 3.8) is 0 Å². The molecule has 1 aromatic heterocycles. The average molecular weight is 307 g/mol. The van der Waals surface area contributed by atoms with Crippen molar-refractivity contribution >= 4 is 11.3 Å². The minimum atomic E-state index is 0.547. The normalized spacial score (nSPS) is 29.0. The number of hydrogen-bond donors (Lipinski definition) is 1. The molecule has 2 heterocycles. The first-order valence-electron chi connectivity index (χ1n) is 8.53. The fraction of sp³-hybridized carbons (Fsp3) is 0.778. The molecule has 2 fully saturated rings. The third-order valence-electron chi connectivity index (χ3n) is 5.41. The highest BCUT2D eigenvalue weighted by Gasteiger charge is 2.39. The molecule has 2 nitrogen and oxygen atoms in total. The topological polar surface area (TPSA) is 15.3 Å². The van der Waals surface area contributed by atoms with Crippen LogP contribution in [-0.2, 0) is 0 Å². The lowest BCUT2D eigenvalue weighted by molar-refractivity contribution is 0.0569. The van der Waals surface area contributed by atoms with Gasteiger partial charge < -0.3 is 5.32 Å². The average Bonchev–Trinajstić information content (AvgIpc) is 3.23. The van der Waals surface area contributed by atoms with Crippen LogP contribution in [0.5, 0.6) is 0 Å². The molecule has 0 spiro atoms. The number of nitrogens with one attached hydrogen (secondary N) is 1. The van der Waals surface area contributed by atoms with Gasteiger partial charge in [0.2, 0.25) is 0 Å². The van der Waals surface area contributed by atoms with Gasteiger partial charge in [-0.3, -0.25) is 4.90 Å². The van der Waals surface area contributed by atoms with E-state index < -0.39 is 0 Å². The molecule has 3 rings (SSSR count). The molecule has 0 bridgehead atoms. The van der Waals surface area contributed by atoms with Crippen molar-refractivity contribution in [2.45, 2.75) is 65.6 Å². The molecular formula is C18H30N2S. The maximum atomic E-state index is 3.83. The van der Waals surface area contributed by atoms with E-state index >= 15 is 0 Å². The van der Waals surface area contributed by atoms with Gasteiger partial charge in [0.1, 0.15) is 0 Å². The van der Waals surface area contributed by atoms with Gasteiger partial charge in [0.05, 0.1) is 0 Å². The molecule has 0 radical (unpaired) electrons.